The van der Waals surface area contributed by atoms with E-state index in [1.807, 2.05) is 0 Å². The van der Waals surface area contributed by atoms with E-state index in [4.69, 9.17) is 0 Å². The predicted octanol–water partition coefficient (Wildman–Crippen LogP) is 3.09. The quantitative estimate of drug-likeness (QED) is 0.761. The average molecular weight is 252 g/mol. The molecule has 2 fully saturated rings. The molecular weight excluding hydrogens is 220 g/mol. The number of hydrogen-bond donors (Lipinski definition) is 0. The van der Waals surface area contributed by atoms with E-state index < -0.39 is 0 Å². The van der Waals surface area contributed by atoms with Gasteiger partial charge < -0.3 is 9.80 Å². The molecule has 0 atom stereocenters. The highest BCUT2D eigenvalue weighted by atomic mass is 15.3. The van der Waals surface area contributed by atoms with Gasteiger partial charge in [-0.1, -0.05) is 34.6 Å². The van der Waals surface area contributed by atoms with Crippen molar-refractivity contribution in [1.29, 1.82) is 0 Å². The number of nitrogens with zero attached hydrogens (tertiary/aromatic N) is 2. The highest BCUT2D eigenvalue weighted by Crippen LogP contribution is 2.40. The normalized spacial score (nSPS) is 25.7. The molecule has 2 aliphatic rings. The number of rotatable bonds is 3. The van der Waals surface area contributed by atoms with Gasteiger partial charge >= 0.3 is 0 Å². The summed E-state index contributed by atoms with van der Waals surface area (Å²) in [7, 11) is 0. The van der Waals surface area contributed by atoms with Crippen molar-refractivity contribution in [3.63, 3.8) is 0 Å². The van der Waals surface area contributed by atoms with Crippen LogP contribution in [0.25, 0.3) is 0 Å². The molecule has 2 aliphatic heterocycles. The zero-order valence-corrected chi connectivity index (χ0v) is 13.1. The van der Waals surface area contributed by atoms with Crippen LogP contribution in [-0.4, -0.2) is 49.1 Å². The second-order valence-electron chi connectivity index (χ2n) is 8.44. The van der Waals surface area contributed by atoms with E-state index in [2.05, 4.69) is 44.4 Å². The minimum atomic E-state index is 0.452. The van der Waals surface area contributed by atoms with Crippen molar-refractivity contribution < 1.29 is 0 Å². The van der Waals surface area contributed by atoms with Crippen LogP contribution in [0.5, 0.6) is 0 Å². The first-order chi connectivity index (χ1) is 8.28. The monoisotopic (exact) mass is 252 g/mol. The summed E-state index contributed by atoms with van der Waals surface area (Å²) < 4.78 is 0. The molecule has 0 aromatic rings. The van der Waals surface area contributed by atoms with Crippen molar-refractivity contribution >= 4 is 0 Å². The summed E-state index contributed by atoms with van der Waals surface area (Å²) in [6.45, 7) is 19.7. The minimum absolute atomic E-state index is 0.452. The molecule has 2 nitrogen and oxygen atoms in total. The topological polar surface area (TPSA) is 6.48 Å². The van der Waals surface area contributed by atoms with Gasteiger partial charge in [0.15, 0.2) is 0 Å². The molecule has 2 rings (SSSR count). The molecule has 106 valence electrons. The van der Waals surface area contributed by atoms with Crippen LogP contribution in [0.4, 0.5) is 0 Å². The summed E-state index contributed by atoms with van der Waals surface area (Å²) in [5.74, 6) is 0.811. The molecular formula is C16H32N2. The van der Waals surface area contributed by atoms with Gasteiger partial charge in [0.2, 0.25) is 0 Å². The summed E-state index contributed by atoms with van der Waals surface area (Å²) in [5.41, 5.74) is 1.10. The predicted molar refractivity (Wildman–Crippen MR) is 78.8 cm³/mol. The average Bonchev–Trinajstić information content (AvgIpc) is 2.12. The van der Waals surface area contributed by atoms with Gasteiger partial charge in [-0.3, -0.25) is 0 Å². The Labute approximate surface area is 114 Å². The van der Waals surface area contributed by atoms with Gasteiger partial charge in [0.25, 0.3) is 0 Å². The summed E-state index contributed by atoms with van der Waals surface area (Å²) in [6, 6.07) is 0. The second-order valence-corrected chi connectivity index (χ2v) is 8.44. The molecule has 1 spiro atoms. The van der Waals surface area contributed by atoms with E-state index >= 15 is 0 Å². The molecule has 18 heavy (non-hydrogen) atoms. The molecule has 0 N–H and O–H groups in total. The van der Waals surface area contributed by atoms with E-state index in [1.54, 1.807) is 0 Å². The Morgan fingerprint density at radius 1 is 1.06 bits per heavy atom. The standard InChI is InChI=1S/C16H32N2/c1-14(2)9-17-8-6-7-16(11-17)12-18(13-16)10-15(3,4)5/h14H,6-13H2,1-5H3. The summed E-state index contributed by atoms with van der Waals surface area (Å²) in [5, 5.41) is 0. The SMILES string of the molecule is CC(C)CN1CCCC2(C1)CN(CC(C)(C)C)C2. The van der Waals surface area contributed by atoms with E-state index in [1.165, 1.54) is 52.1 Å². The molecule has 0 amide bonds. The molecule has 0 saturated carbocycles. The lowest BCUT2D eigenvalue weighted by Crippen LogP contribution is -2.64. The maximum atomic E-state index is 2.71. The number of likely N-dealkylation sites (tertiary alicyclic amines) is 2. The van der Waals surface area contributed by atoms with Crippen LogP contribution in [0.1, 0.15) is 47.5 Å². The van der Waals surface area contributed by atoms with Crippen molar-refractivity contribution in [1.82, 2.24) is 9.80 Å². The van der Waals surface area contributed by atoms with Crippen LogP contribution in [0.3, 0.4) is 0 Å². The first-order valence-corrected chi connectivity index (χ1v) is 7.73. The fraction of sp³-hybridized carbons (Fsp3) is 1.00. The van der Waals surface area contributed by atoms with Gasteiger partial charge in [0.05, 0.1) is 0 Å². The van der Waals surface area contributed by atoms with E-state index in [0.29, 0.717) is 10.8 Å². The molecule has 0 radical (unpaired) electrons. The minimum Gasteiger partial charge on any atom is -0.302 e. The third-order valence-electron chi connectivity index (χ3n) is 4.18. The lowest BCUT2D eigenvalue weighted by molar-refractivity contribution is -0.0680. The largest absolute Gasteiger partial charge is 0.302 e. The molecule has 2 saturated heterocycles. The molecule has 0 aliphatic carbocycles. The van der Waals surface area contributed by atoms with E-state index in [0.717, 1.165) is 5.92 Å². The maximum Gasteiger partial charge on any atom is 0.00852 e. The van der Waals surface area contributed by atoms with Crippen LogP contribution in [0, 0.1) is 16.7 Å². The van der Waals surface area contributed by atoms with Crippen molar-refractivity contribution in [2.75, 3.05) is 39.3 Å². The number of piperidine rings is 1. The van der Waals surface area contributed by atoms with Gasteiger partial charge in [0, 0.05) is 38.1 Å². The van der Waals surface area contributed by atoms with Crippen LogP contribution in [0.2, 0.25) is 0 Å². The molecule has 0 bridgehead atoms. The third kappa shape index (κ3) is 3.71. The summed E-state index contributed by atoms with van der Waals surface area (Å²) in [6.07, 6.45) is 2.87. The zero-order valence-electron chi connectivity index (χ0n) is 13.1. The highest BCUT2D eigenvalue weighted by Gasteiger charge is 2.45. The van der Waals surface area contributed by atoms with Crippen LogP contribution in [0.15, 0.2) is 0 Å². The molecule has 2 heterocycles. The molecule has 2 heteroatoms. The first-order valence-electron chi connectivity index (χ1n) is 7.73. The van der Waals surface area contributed by atoms with Crippen LogP contribution < -0.4 is 0 Å². The van der Waals surface area contributed by atoms with Gasteiger partial charge in [-0.15, -0.1) is 0 Å². The van der Waals surface area contributed by atoms with Crippen molar-refractivity contribution in [2.45, 2.75) is 47.5 Å². The lowest BCUT2D eigenvalue weighted by atomic mass is 9.72. The Morgan fingerprint density at radius 2 is 1.67 bits per heavy atom. The molecule has 0 unspecified atom stereocenters. The fourth-order valence-electron chi connectivity index (χ4n) is 3.93. The maximum absolute atomic E-state index is 2.71. The van der Waals surface area contributed by atoms with Crippen LogP contribution >= 0.6 is 0 Å². The smallest absolute Gasteiger partial charge is 0.00852 e. The Morgan fingerprint density at radius 3 is 2.22 bits per heavy atom. The Hall–Kier alpha value is -0.0800. The van der Waals surface area contributed by atoms with Crippen molar-refractivity contribution in [2.24, 2.45) is 16.7 Å². The van der Waals surface area contributed by atoms with Gasteiger partial charge in [-0.25, -0.2) is 0 Å². The molecule has 0 aromatic heterocycles. The van der Waals surface area contributed by atoms with E-state index in [9.17, 15) is 0 Å². The lowest BCUT2D eigenvalue weighted by Gasteiger charge is -2.56. The van der Waals surface area contributed by atoms with Crippen molar-refractivity contribution in [3.05, 3.63) is 0 Å². The Kier molecular flexibility index (Phi) is 4.08. The molecule has 0 aromatic carbocycles. The van der Waals surface area contributed by atoms with Gasteiger partial charge in [-0.2, -0.15) is 0 Å². The second kappa shape index (κ2) is 5.13. The van der Waals surface area contributed by atoms with Gasteiger partial charge in [-0.05, 0) is 30.7 Å². The van der Waals surface area contributed by atoms with E-state index in [-0.39, 0.29) is 0 Å². The number of hydrogen-bond acceptors (Lipinski definition) is 2. The Bertz CT molecular complexity index is 271. The first kappa shape index (κ1) is 14.3. The zero-order chi connectivity index (χ0) is 13.4. The van der Waals surface area contributed by atoms with Crippen LogP contribution in [-0.2, 0) is 0 Å². The third-order valence-corrected chi connectivity index (χ3v) is 4.18. The fourth-order valence-corrected chi connectivity index (χ4v) is 3.93. The summed E-state index contributed by atoms with van der Waals surface area (Å²) in [4.78, 5) is 5.38. The van der Waals surface area contributed by atoms with Gasteiger partial charge in [0.1, 0.15) is 0 Å². The Balaban J connectivity index is 1.80. The van der Waals surface area contributed by atoms with Crippen molar-refractivity contribution in [3.8, 4) is 0 Å². The highest BCUT2D eigenvalue weighted by molar-refractivity contribution is 5.00. The summed E-state index contributed by atoms with van der Waals surface area (Å²) >= 11 is 0.